The summed E-state index contributed by atoms with van der Waals surface area (Å²) in [5.74, 6) is -2.08. The van der Waals surface area contributed by atoms with E-state index in [0.29, 0.717) is 0 Å². The molecule has 1 fully saturated rings. The Morgan fingerprint density at radius 3 is 1.76 bits per heavy atom. The van der Waals surface area contributed by atoms with Crippen molar-refractivity contribution in [1.29, 1.82) is 0 Å². The largest absolute Gasteiger partial charge is 0.452 e. The maximum atomic E-state index is 12.5. The number of carbonyl (C=O) groups is 3. The minimum atomic E-state index is -1.33. The van der Waals surface area contributed by atoms with E-state index in [1.165, 1.54) is 0 Å². The molecule has 1 heterocycles. The Balaban J connectivity index is 1.83. The summed E-state index contributed by atoms with van der Waals surface area (Å²) in [5.41, 5.74) is 0.530. The number of esters is 3. The van der Waals surface area contributed by atoms with Gasteiger partial charge in [0.05, 0.1) is 17.7 Å². The molecule has 1 aliphatic rings. The van der Waals surface area contributed by atoms with Crippen molar-refractivity contribution in [3.05, 3.63) is 71.8 Å². The van der Waals surface area contributed by atoms with Crippen molar-refractivity contribution >= 4 is 17.9 Å². The lowest BCUT2D eigenvalue weighted by atomic mass is 10.1. The molecule has 0 spiro atoms. The van der Waals surface area contributed by atoms with E-state index < -0.39 is 49.1 Å². The molecule has 0 saturated carbocycles. The van der Waals surface area contributed by atoms with Crippen LogP contribution in [0.25, 0.3) is 0 Å². The number of hydrogen-bond donors (Lipinski definition) is 1. The van der Waals surface area contributed by atoms with Crippen LogP contribution in [0.15, 0.2) is 60.7 Å². The highest BCUT2D eigenvalue weighted by molar-refractivity contribution is 5.90. The van der Waals surface area contributed by atoms with Crippen molar-refractivity contribution in [2.45, 2.75) is 31.5 Å². The minimum absolute atomic E-state index is 0.259. The second kappa shape index (κ2) is 9.31. The van der Waals surface area contributed by atoms with Crippen LogP contribution < -0.4 is 0 Å². The molecule has 0 radical (unpaired) electrons. The van der Waals surface area contributed by atoms with E-state index in [1.54, 1.807) is 60.7 Å². The topological polar surface area (TPSA) is 108 Å². The van der Waals surface area contributed by atoms with E-state index in [-0.39, 0.29) is 11.1 Å². The summed E-state index contributed by atoms with van der Waals surface area (Å²) in [6, 6.07) is 16.3. The minimum Gasteiger partial charge on any atom is -0.452 e. The zero-order valence-electron chi connectivity index (χ0n) is 15.6. The lowest BCUT2D eigenvalue weighted by molar-refractivity contribution is -0.187. The van der Waals surface area contributed by atoms with Gasteiger partial charge in [0.15, 0.2) is 6.10 Å². The maximum absolute atomic E-state index is 12.5. The first-order valence-corrected chi connectivity index (χ1v) is 8.95. The van der Waals surface area contributed by atoms with E-state index in [2.05, 4.69) is 0 Å². The van der Waals surface area contributed by atoms with Gasteiger partial charge in [-0.2, -0.15) is 0 Å². The molecule has 0 bridgehead atoms. The van der Waals surface area contributed by atoms with E-state index in [4.69, 9.17) is 18.9 Å². The third kappa shape index (κ3) is 4.98. The van der Waals surface area contributed by atoms with Gasteiger partial charge in [-0.15, -0.1) is 0 Å². The molecule has 4 atom stereocenters. The van der Waals surface area contributed by atoms with Gasteiger partial charge in [0, 0.05) is 6.92 Å². The molecular weight excluding hydrogens is 380 g/mol. The van der Waals surface area contributed by atoms with Gasteiger partial charge in [-0.1, -0.05) is 36.4 Å². The fourth-order valence-electron chi connectivity index (χ4n) is 2.90. The van der Waals surface area contributed by atoms with Crippen LogP contribution >= 0.6 is 0 Å². The van der Waals surface area contributed by atoms with E-state index >= 15 is 0 Å². The standard InChI is InChI=1S/C21H20O8/c1-13(23)26-21-18(29-20(25)15-10-6-3-7-11-15)17(16(12-22)27-21)28-19(24)14-8-4-2-5-9-14/h2-11,16-18,21-22H,12H2,1H3/t16-,17-,18-,21?/m1/s1. The Bertz CT molecular complexity index is 851. The third-order valence-corrected chi connectivity index (χ3v) is 4.23. The van der Waals surface area contributed by atoms with Gasteiger partial charge in [0.1, 0.15) is 6.10 Å². The van der Waals surface area contributed by atoms with Crippen molar-refractivity contribution in [1.82, 2.24) is 0 Å². The van der Waals surface area contributed by atoms with Crippen LogP contribution in [0, 0.1) is 0 Å². The monoisotopic (exact) mass is 400 g/mol. The molecular formula is C21H20O8. The second-order valence-electron chi connectivity index (χ2n) is 6.31. The summed E-state index contributed by atoms with van der Waals surface area (Å²) in [5, 5.41) is 9.64. The molecule has 1 aliphatic heterocycles. The number of benzene rings is 2. The van der Waals surface area contributed by atoms with Crippen molar-refractivity contribution in [3.8, 4) is 0 Å². The lowest BCUT2D eigenvalue weighted by Crippen LogP contribution is -2.42. The Labute approximate surface area is 167 Å². The van der Waals surface area contributed by atoms with Crippen molar-refractivity contribution < 1.29 is 38.4 Å². The van der Waals surface area contributed by atoms with Crippen molar-refractivity contribution in [3.63, 3.8) is 0 Å². The molecule has 1 unspecified atom stereocenters. The third-order valence-electron chi connectivity index (χ3n) is 4.23. The molecule has 8 nitrogen and oxygen atoms in total. The molecule has 8 heteroatoms. The molecule has 2 aromatic rings. The van der Waals surface area contributed by atoms with Crippen LogP contribution in [0.4, 0.5) is 0 Å². The van der Waals surface area contributed by atoms with E-state index in [0.717, 1.165) is 6.92 Å². The second-order valence-corrected chi connectivity index (χ2v) is 6.31. The van der Waals surface area contributed by atoms with Gasteiger partial charge >= 0.3 is 17.9 Å². The van der Waals surface area contributed by atoms with Crippen LogP contribution in [0.2, 0.25) is 0 Å². The van der Waals surface area contributed by atoms with Crippen LogP contribution in [0.5, 0.6) is 0 Å². The fraction of sp³-hybridized carbons (Fsp3) is 0.286. The van der Waals surface area contributed by atoms with Gasteiger partial charge in [-0.3, -0.25) is 4.79 Å². The van der Waals surface area contributed by atoms with Gasteiger partial charge < -0.3 is 24.1 Å². The van der Waals surface area contributed by atoms with Gasteiger partial charge in [-0.25, -0.2) is 9.59 Å². The summed E-state index contributed by atoms with van der Waals surface area (Å²) < 4.78 is 21.5. The van der Waals surface area contributed by atoms with Crippen LogP contribution in [-0.4, -0.2) is 54.2 Å². The van der Waals surface area contributed by atoms with Crippen molar-refractivity contribution in [2.24, 2.45) is 0 Å². The summed E-state index contributed by atoms with van der Waals surface area (Å²) in [4.78, 5) is 36.4. The SMILES string of the molecule is CC(=O)OC1O[C@H](CO)[C@@H](OC(=O)c2ccccc2)[C@H]1OC(=O)c1ccccc1. The average molecular weight is 400 g/mol. The highest BCUT2D eigenvalue weighted by Crippen LogP contribution is 2.29. The number of carbonyl (C=O) groups excluding carboxylic acids is 3. The number of rotatable bonds is 6. The van der Waals surface area contributed by atoms with Crippen LogP contribution in [0.1, 0.15) is 27.6 Å². The first-order valence-electron chi connectivity index (χ1n) is 8.95. The van der Waals surface area contributed by atoms with Crippen molar-refractivity contribution in [2.75, 3.05) is 6.61 Å². The Hall–Kier alpha value is -3.23. The first-order chi connectivity index (χ1) is 14.0. The summed E-state index contributed by atoms with van der Waals surface area (Å²) in [6.45, 7) is 0.626. The maximum Gasteiger partial charge on any atom is 0.338 e. The lowest BCUT2D eigenvalue weighted by Gasteiger charge is -2.23. The number of ether oxygens (including phenoxy) is 4. The molecule has 152 valence electrons. The molecule has 3 rings (SSSR count). The molecule has 29 heavy (non-hydrogen) atoms. The zero-order valence-corrected chi connectivity index (χ0v) is 15.6. The summed E-state index contributed by atoms with van der Waals surface area (Å²) >= 11 is 0. The predicted molar refractivity (Wildman–Crippen MR) is 98.8 cm³/mol. The predicted octanol–water partition coefficient (Wildman–Crippen LogP) is 1.72. The number of aliphatic hydroxyl groups excluding tert-OH is 1. The molecule has 0 aliphatic carbocycles. The molecule has 1 N–H and O–H groups in total. The van der Waals surface area contributed by atoms with Gasteiger partial charge in [0.2, 0.25) is 12.4 Å². The van der Waals surface area contributed by atoms with Crippen LogP contribution in [-0.2, 0) is 23.7 Å². The van der Waals surface area contributed by atoms with E-state index in [1.807, 2.05) is 0 Å². The summed E-state index contributed by atoms with van der Waals surface area (Å²) in [7, 11) is 0. The number of aliphatic hydroxyl groups is 1. The molecule has 0 amide bonds. The fourth-order valence-corrected chi connectivity index (χ4v) is 2.90. The molecule has 2 aromatic carbocycles. The van der Waals surface area contributed by atoms with Gasteiger partial charge in [-0.05, 0) is 24.3 Å². The van der Waals surface area contributed by atoms with Gasteiger partial charge in [0.25, 0.3) is 0 Å². The Morgan fingerprint density at radius 2 is 1.31 bits per heavy atom. The van der Waals surface area contributed by atoms with Crippen LogP contribution in [0.3, 0.4) is 0 Å². The smallest absolute Gasteiger partial charge is 0.338 e. The summed E-state index contributed by atoms with van der Waals surface area (Å²) in [6.07, 6.45) is -4.80. The number of hydrogen-bond acceptors (Lipinski definition) is 8. The quantitative estimate of drug-likeness (QED) is 0.577. The Kier molecular flexibility index (Phi) is 6.58. The average Bonchev–Trinajstić information content (AvgIpc) is 3.04. The first kappa shape index (κ1) is 20.5. The highest BCUT2D eigenvalue weighted by Gasteiger charge is 2.51. The zero-order chi connectivity index (χ0) is 20.8. The molecule has 0 aromatic heterocycles. The normalized spacial score (nSPS) is 23.2. The van der Waals surface area contributed by atoms with E-state index in [9.17, 15) is 19.5 Å². The highest BCUT2D eigenvalue weighted by atomic mass is 16.7. The molecule has 1 saturated heterocycles. The Morgan fingerprint density at radius 1 is 0.828 bits per heavy atom.